The van der Waals surface area contributed by atoms with Gasteiger partial charge in [0.15, 0.2) is 5.11 Å². The lowest BCUT2D eigenvalue weighted by Crippen LogP contribution is -2.32. The van der Waals surface area contributed by atoms with Gasteiger partial charge in [-0.2, -0.15) is 0 Å². The molecule has 9 heteroatoms. The maximum Gasteiger partial charge on any atom is 0.276 e. The van der Waals surface area contributed by atoms with Gasteiger partial charge in [0.2, 0.25) is 0 Å². The third-order valence-corrected chi connectivity index (χ3v) is 5.16. The number of nitro groups is 1. The van der Waals surface area contributed by atoms with E-state index in [1.54, 1.807) is 36.3 Å². The molecule has 0 unspecified atom stereocenters. The predicted octanol–water partition coefficient (Wildman–Crippen LogP) is 3.40. The number of hydrogen-bond donors (Lipinski definition) is 1. The van der Waals surface area contributed by atoms with Gasteiger partial charge in [0.05, 0.1) is 18.1 Å². The van der Waals surface area contributed by atoms with Crippen LogP contribution in [0.2, 0.25) is 0 Å². The van der Waals surface area contributed by atoms with Crippen molar-refractivity contribution < 1.29 is 19.2 Å². The highest BCUT2D eigenvalue weighted by molar-refractivity contribution is 7.80. The van der Waals surface area contributed by atoms with Crippen LogP contribution in [0.25, 0.3) is 6.08 Å². The summed E-state index contributed by atoms with van der Waals surface area (Å²) in [6.07, 6.45) is 3.69. The number of amides is 1. The number of non-ortho nitro benzene ring substituents is 1. The number of rotatable bonds is 7. The van der Waals surface area contributed by atoms with E-state index < -0.39 is 4.92 Å². The minimum absolute atomic E-state index is 0.0417. The van der Waals surface area contributed by atoms with Gasteiger partial charge in [-0.1, -0.05) is 12.1 Å². The zero-order chi connectivity index (χ0) is 21.3. The van der Waals surface area contributed by atoms with Crippen molar-refractivity contribution in [2.24, 2.45) is 0 Å². The largest absolute Gasteiger partial charge is 0.496 e. The van der Waals surface area contributed by atoms with Crippen molar-refractivity contribution in [2.45, 2.75) is 25.5 Å². The topological polar surface area (TPSA) is 93.9 Å². The summed E-state index contributed by atoms with van der Waals surface area (Å²) in [6.45, 7) is 0.148. The summed E-state index contributed by atoms with van der Waals surface area (Å²) < 4.78 is 11.1. The molecule has 1 aliphatic carbocycles. The number of nitro benzene ring substituents is 1. The van der Waals surface area contributed by atoms with Gasteiger partial charge in [0, 0.05) is 17.7 Å². The van der Waals surface area contributed by atoms with E-state index in [1.165, 1.54) is 12.1 Å². The molecule has 1 heterocycles. The fraction of sp³-hybridized carbons (Fsp3) is 0.238. The average Bonchev–Trinajstić information content (AvgIpc) is 3.53. The van der Waals surface area contributed by atoms with Crippen LogP contribution in [0.15, 0.2) is 48.2 Å². The molecule has 4 rings (SSSR count). The Morgan fingerprint density at radius 3 is 2.80 bits per heavy atom. The van der Waals surface area contributed by atoms with Gasteiger partial charge in [-0.3, -0.25) is 19.8 Å². The van der Waals surface area contributed by atoms with E-state index in [0.29, 0.717) is 22.3 Å². The Balaban J connectivity index is 1.54. The number of carbonyl (C=O) groups is 1. The first-order valence-electron chi connectivity index (χ1n) is 9.36. The van der Waals surface area contributed by atoms with Crippen LogP contribution < -0.4 is 14.8 Å². The molecule has 1 saturated carbocycles. The molecule has 8 nitrogen and oxygen atoms in total. The van der Waals surface area contributed by atoms with Crippen molar-refractivity contribution in [3.63, 3.8) is 0 Å². The van der Waals surface area contributed by atoms with Crippen LogP contribution in [-0.4, -0.2) is 34.0 Å². The average molecular weight is 425 g/mol. The van der Waals surface area contributed by atoms with Crippen LogP contribution in [0.5, 0.6) is 11.5 Å². The molecular formula is C21H19N3O5S. The zero-order valence-electron chi connectivity index (χ0n) is 16.2. The van der Waals surface area contributed by atoms with Crippen LogP contribution >= 0.6 is 12.2 Å². The Kier molecular flexibility index (Phi) is 5.37. The first-order valence-corrected chi connectivity index (χ1v) is 9.77. The summed E-state index contributed by atoms with van der Waals surface area (Å²) in [5.74, 6) is 0.879. The maximum atomic E-state index is 12.6. The van der Waals surface area contributed by atoms with Crippen molar-refractivity contribution in [3.8, 4) is 11.5 Å². The molecule has 1 saturated heterocycles. The molecule has 2 aromatic rings. The standard InChI is InChI=1S/C21H19N3O5S/c1-28-19-8-5-13(10-18-20(25)23(15-6-7-15)21(30)22-18)9-14(19)12-29-17-4-2-3-16(11-17)24(26)27/h2-5,8-11,15H,6-7,12H2,1H3,(H,22,30)/b18-10+. The Morgan fingerprint density at radius 2 is 2.10 bits per heavy atom. The number of nitrogens with one attached hydrogen (secondary N) is 1. The molecule has 2 aromatic carbocycles. The first-order chi connectivity index (χ1) is 14.5. The predicted molar refractivity (Wildman–Crippen MR) is 114 cm³/mol. The van der Waals surface area contributed by atoms with E-state index in [0.717, 1.165) is 24.0 Å². The van der Waals surface area contributed by atoms with Gasteiger partial charge in [0.25, 0.3) is 11.6 Å². The molecule has 154 valence electrons. The summed E-state index contributed by atoms with van der Waals surface area (Å²) in [5.41, 5.74) is 1.91. The van der Waals surface area contributed by atoms with E-state index >= 15 is 0 Å². The SMILES string of the molecule is COc1ccc(/C=C2/NC(=S)N(C3CC3)C2=O)cc1COc1cccc([N+](=O)[O-])c1. The third kappa shape index (κ3) is 4.11. The second-order valence-electron chi connectivity index (χ2n) is 7.01. The first kappa shape index (κ1) is 19.8. The molecule has 0 atom stereocenters. The monoisotopic (exact) mass is 425 g/mol. The molecule has 1 aliphatic heterocycles. The molecule has 1 N–H and O–H groups in total. The number of benzene rings is 2. The smallest absolute Gasteiger partial charge is 0.276 e. The van der Waals surface area contributed by atoms with Crippen LogP contribution in [0.1, 0.15) is 24.0 Å². The van der Waals surface area contributed by atoms with Gasteiger partial charge in [0.1, 0.15) is 23.8 Å². The number of nitrogens with zero attached hydrogens (tertiary/aromatic N) is 2. The zero-order valence-corrected chi connectivity index (χ0v) is 17.0. The normalized spacial score (nSPS) is 17.2. The summed E-state index contributed by atoms with van der Waals surface area (Å²) >= 11 is 5.28. The van der Waals surface area contributed by atoms with E-state index in [4.69, 9.17) is 21.7 Å². The highest BCUT2D eigenvalue weighted by Gasteiger charge is 2.41. The van der Waals surface area contributed by atoms with Crippen molar-refractivity contribution in [2.75, 3.05) is 7.11 Å². The molecule has 0 spiro atoms. The second-order valence-corrected chi connectivity index (χ2v) is 7.40. The number of thiocarbonyl (C=S) groups is 1. The van der Waals surface area contributed by atoms with Crippen molar-refractivity contribution >= 4 is 35.0 Å². The lowest BCUT2D eigenvalue weighted by Gasteiger charge is -2.12. The van der Waals surface area contributed by atoms with Gasteiger partial charge in [-0.05, 0) is 54.9 Å². The fourth-order valence-electron chi connectivity index (χ4n) is 3.23. The lowest BCUT2D eigenvalue weighted by atomic mass is 10.1. The fourth-order valence-corrected chi connectivity index (χ4v) is 3.57. The summed E-state index contributed by atoms with van der Waals surface area (Å²) in [4.78, 5) is 24.7. The lowest BCUT2D eigenvalue weighted by molar-refractivity contribution is -0.384. The van der Waals surface area contributed by atoms with Gasteiger partial charge >= 0.3 is 0 Å². The minimum Gasteiger partial charge on any atom is -0.496 e. The summed E-state index contributed by atoms with van der Waals surface area (Å²) in [6, 6.07) is 11.7. The van der Waals surface area contributed by atoms with Crippen LogP contribution in [0.4, 0.5) is 5.69 Å². The Labute approximate surface area is 178 Å². The number of hydrogen-bond acceptors (Lipinski definition) is 6. The quantitative estimate of drug-likeness (QED) is 0.314. The highest BCUT2D eigenvalue weighted by Crippen LogP contribution is 2.31. The Morgan fingerprint density at radius 1 is 1.30 bits per heavy atom. The van der Waals surface area contributed by atoms with E-state index in [9.17, 15) is 14.9 Å². The molecule has 30 heavy (non-hydrogen) atoms. The van der Waals surface area contributed by atoms with E-state index in [1.807, 2.05) is 12.1 Å². The van der Waals surface area contributed by atoms with Gasteiger partial charge in [-0.15, -0.1) is 0 Å². The van der Waals surface area contributed by atoms with E-state index in [-0.39, 0.29) is 24.2 Å². The third-order valence-electron chi connectivity index (χ3n) is 4.86. The molecule has 0 aromatic heterocycles. The molecule has 2 aliphatic rings. The van der Waals surface area contributed by atoms with Crippen molar-refractivity contribution in [3.05, 3.63) is 69.4 Å². The molecule has 0 radical (unpaired) electrons. The number of methoxy groups -OCH3 is 1. The van der Waals surface area contributed by atoms with Gasteiger partial charge in [-0.25, -0.2) is 0 Å². The molecule has 1 amide bonds. The van der Waals surface area contributed by atoms with Gasteiger partial charge < -0.3 is 14.8 Å². The Hall–Kier alpha value is -3.46. The molecular weight excluding hydrogens is 406 g/mol. The second kappa shape index (κ2) is 8.11. The van der Waals surface area contributed by atoms with E-state index in [2.05, 4.69) is 5.32 Å². The number of carbonyl (C=O) groups excluding carboxylic acids is 1. The maximum absolute atomic E-state index is 12.6. The Bertz CT molecular complexity index is 1060. The van der Waals surface area contributed by atoms with Crippen LogP contribution in [-0.2, 0) is 11.4 Å². The highest BCUT2D eigenvalue weighted by atomic mass is 32.1. The molecule has 2 fully saturated rings. The number of ether oxygens (including phenoxy) is 2. The minimum atomic E-state index is -0.471. The summed E-state index contributed by atoms with van der Waals surface area (Å²) in [7, 11) is 1.55. The summed E-state index contributed by atoms with van der Waals surface area (Å²) in [5, 5.41) is 14.4. The molecule has 0 bridgehead atoms. The van der Waals surface area contributed by atoms with Crippen molar-refractivity contribution in [1.29, 1.82) is 0 Å². The van der Waals surface area contributed by atoms with Crippen LogP contribution in [0, 0.1) is 10.1 Å². The van der Waals surface area contributed by atoms with Crippen LogP contribution in [0.3, 0.4) is 0 Å². The van der Waals surface area contributed by atoms with Crippen molar-refractivity contribution in [1.82, 2.24) is 10.2 Å².